The van der Waals surface area contributed by atoms with Crippen LogP contribution in [0.2, 0.25) is 0 Å². The van der Waals surface area contributed by atoms with Gasteiger partial charge in [0.25, 0.3) is 0 Å². The molecule has 1 saturated heterocycles. The third-order valence-corrected chi connectivity index (χ3v) is 6.00. The maximum absolute atomic E-state index is 12.2. The number of thiophene rings is 1. The fraction of sp³-hybridized carbons (Fsp3) is 0.667. The molecule has 19 heavy (non-hydrogen) atoms. The molecule has 0 amide bonds. The Morgan fingerprint density at radius 2 is 2.32 bits per heavy atom. The van der Waals surface area contributed by atoms with Crippen LogP contribution in [0.15, 0.2) is 11.0 Å². The zero-order valence-corrected chi connectivity index (χ0v) is 12.7. The van der Waals surface area contributed by atoms with Gasteiger partial charge >= 0.3 is 0 Å². The predicted molar refractivity (Wildman–Crippen MR) is 73.8 cm³/mol. The molecular weight excluding hydrogens is 286 g/mol. The van der Waals surface area contributed by atoms with Gasteiger partial charge in [0.2, 0.25) is 10.0 Å². The fourth-order valence-corrected chi connectivity index (χ4v) is 4.82. The summed E-state index contributed by atoms with van der Waals surface area (Å²) in [6.45, 7) is 4.49. The summed E-state index contributed by atoms with van der Waals surface area (Å²) >= 11 is 1.30. The first-order chi connectivity index (χ1) is 8.86. The third kappa shape index (κ3) is 3.35. The Labute approximate surface area is 117 Å². The lowest BCUT2D eigenvalue weighted by Crippen LogP contribution is -2.40. The topological polar surface area (TPSA) is 75.6 Å². The molecule has 2 rings (SSSR count). The number of aliphatic hydroxyl groups is 1. The Bertz CT molecular complexity index is 544. The molecule has 0 bridgehead atoms. The van der Waals surface area contributed by atoms with E-state index in [0.717, 1.165) is 12.8 Å². The molecule has 1 unspecified atom stereocenters. The Hall–Kier alpha value is -0.470. The lowest BCUT2D eigenvalue weighted by Gasteiger charge is -2.23. The van der Waals surface area contributed by atoms with Crippen LogP contribution in [0.3, 0.4) is 0 Å². The third-order valence-electron chi connectivity index (χ3n) is 3.31. The second-order valence-electron chi connectivity index (χ2n) is 5.02. The summed E-state index contributed by atoms with van der Waals surface area (Å²) in [6.07, 6.45) is 1.82. The van der Waals surface area contributed by atoms with Gasteiger partial charge in [-0.2, -0.15) is 0 Å². The monoisotopic (exact) mass is 305 g/mol. The van der Waals surface area contributed by atoms with Crippen LogP contribution < -0.4 is 4.72 Å². The molecule has 0 aliphatic carbocycles. The smallest absolute Gasteiger partial charge is 0.241 e. The van der Waals surface area contributed by atoms with Crippen molar-refractivity contribution in [3.05, 3.63) is 15.8 Å². The Kier molecular flexibility index (Phi) is 4.32. The molecule has 1 atom stereocenters. The second kappa shape index (κ2) is 5.49. The summed E-state index contributed by atoms with van der Waals surface area (Å²) in [5.74, 6) is 0. The molecule has 0 aromatic carbocycles. The van der Waals surface area contributed by atoms with Crippen molar-refractivity contribution in [3.8, 4) is 0 Å². The molecular formula is C12H19NO4S2. The molecule has 2 heterocycles. The Balaban J connectivity index is 2.11. The van der Waals surface area contributed by atoms with Gasteiger partial charge in [-0.1, -0.05) is 0 Å². The Morgan fingerprint density at radius 1 is 1.58 bits per heavy atom. The summed E-state index contributed by atoms with van der Waals surface area (Å²) in [4.78, 5) is 1.60. The van der Waals surface area contributed by atoms with Crippen molar-refractivity contribution in [2.45, 2.75) is 43.8 Å². The minimum Gasteiger partial charge on any atom is -0.391 e. The zero-order valence-electron chi connectivity index (χ0n) is 11.1. The van der Waals surface area contributed by atoms with E-state index in [1.54, 1.807) is 6.92 Å². The molecule has 0 saturated carbocycles. The van der Waals surface area contributed by atoms with Crippen LogP contribution >= 0.6 is 11.3 Å². The minimum atomic E-state index is -3.54. The molecule has 0 spiro atoms. The van der Waals surface area contributed by atoms with Gasteiger partial charge in [-0.05, 0) is 32.8 Å². The lowest BCUT2D eigenvalue weighted by molar-refractivity contribution is 0.0250. The summed E-state index contributed by atoms with van der Waals surface area (Å²) in [7, 11) is -3.54. The van der Waals surface area contributed by atoms with E-state index in [-0.39, 0.29) is 18.0 Å². The summed E-state index contributed by atoms with van der Waals surface area (Å²) in [5.41, 5.74) is -0.406. The SMILES string of the molecule is Cc1sc(CO)cc1S(=O)(=O)NCC1(C)CCCO1. The van der Waals surface area contributed by atoms with Crippen LogP contribution in [0.5, 0.6) is 0 Å². The van der Waals surface area contributed by atoms with Gasteiger partial charge in [0, 0.05) is 22.9 Å². The van der Waals surface area contributed by atoms with Crippen molar-refractivity contribution in [1.82, 2.24) is 4.72 Å². The Morgan fingerprint density at radius 3 is 2.84 bits per heavy atom. The van der Waals surface area contributed by atoms with E-state index in [0.29, 0.717) is 16.4 Å². The van der Waals surface area contributed by atoms with Crippen molar-refractivity contribution >= 4 is 21.4 Å². The van der Waals surface area contributed by atoms with E-state index in [1.807, 2.05) is 6.92 Å². The molecule has 1 aliphatic heterocycles. The number of hydrogen-bond donors (Lipinski definition) is 2. The first kappa shape index (κ1) is 14.9. The summed E-state index contributed by atoms with van der Waals surface area (Å²) in [5, 5.41) is 9.06. The normalized spacial score (nSPS) is 23.9. The first-order valence-electron chi connectivity index (χ1n) is 6.20. The van der Waals surface area contributed by atoms with E-state index < -0.39 is 15.6 Å². The maximum Gasteiger partial charge on any atom is 0.241 e. The molecule has 1 aromatic heterocycles. The number of sulfonamides is 1. The van der Waals surface area contributed by atoms with E-state index in [4.69, 9.17) is 9.84 Å². The van der Waals surface area contributed by atoms with E-state index in [1.165, 1.54) is 17.4 Å². The average molecular weight is 305 g/mol. The predicted octanol–water partition coefficient (Wildman–Crippen LogP) is 1.40. The summed E-state index contributed by atoms with van der Waals surface area (Å²) in [6, 6.07) is 1.53. The standard InChI is InChI=1S/C12H19NO4S2/c1-9-11(6-10(7-14)18-9)19(15,16)13-8-12(2)4-3-5-17-12/h6,13-14H,3-5,7-8H2,1-2H3. The summed E-state index contributed by atoms with van der Waals surface area (Å²) < 4.78 is 32.7. The number of aliphatic hydroxyl groups excluding tert-OH is 1. The minimum absolute atomic E-state index is 0.137. The molecule has 1 fully saturated rings. The van der Waals surface area contributed by atoms with Gasteiger partial charge in [-0.25, -0.2) is 13.1 Å². The molecule has 108 valence electrons. The van der Waals surface area contributed by atoms with Gasteiger partial charge in [-0.15, -0.1) is 11.3 Å². The second-order valence-corrected chi connectivity index (χ2v) is 8.09. The fourth-order valence-electron chi connectivity index (χ4n) is 2.17. The van der Waals surface area contributed by atoms with Crippen LogP contribution in [0.4, 0.5) is 0 Å². The quantitative estimate of drug-likeness (QED) is 0.862. The molecule has 5 nitrogen and oxygen atoms in total. The van der Waals surface area contributed by atoms with Crippen LogP contribution in [-0.2, 0) is 21.4 Å². The highest BCUT2D eigenvalue weighted by Gasteiger charge is 2.32. The van der Waals surface area contributed by atoms with Crippen molar-refractivity contribution in [1.29, 1.82) is 0 Å². The molecule has 7 heteroatoms. The van der Waals surface area contributed by atoms with Crippen molar-refractivity contribution in [2.24, 2.45) is 0 Å². The molecule has 2 N–H and O–H groups in total. The van der Waals surface area contributed by atoms with E-state index >= 15 is 0 Å². The highest BCUT2D eigenvalue weighted by molar-refractivity contribution is 7.89. The number of rotatable bonds is 5. The van der Waals surface area contributed by atoms with Crippen LogP contribution in [0, 0.1) is 6.92 Å². The number of ether oxygens (including phenoxy) is 1. The van der Waals surface area contributed by atoms with Gasteiger partial charge in [0.1, 0.15) is 0 Å². The maximum atomic E-state index is 12.2. The van der Waals surface area contributed by atoms with E-state index in [2.05, 4.69) is 4.72 Å². The van der Waals surface area contributed by atoms with Crippen LogP contribution in [-0.4, -0.2) is 32.3 Å². The van der Waals surface area contributed by atoms with Crippen LogP contribution in [0.25, 0.3) is 0 Å². The van der Waals surface area contributed by atoms with Crippen molar-refractivity contribution < 1.29 is 18.3 Å². The van der Waals surface area contributed by atoms with Gasteiger partial charge < -0.3 is 9.84 Å². The number of nitrogens with one attached hydrogen (secondary N) is 1. The largest absolute Gasteiger partial charge is 0.391 e. The molecule has 1 aromatic rings. The van der Waals surface area contributed by atoms with Crippen molar-refractivity contribution in [3.63, 3.8) is 0 Å². The lowest BCUT2D eigenvalue weighted by atomic mass is 10.0. The van der Waals surface area contributed by atoms with Crippen molar-refractivity contribution in [2.75, 3.05) is 13.2 Å². The number of hydrogen-bond acceptors (Lipinski definition) is 5. The highest BCUT2D eigenvalue weighted by atomic mass is 32.2. The van der Waals surface area contributed by atoms with E-state index in [9.17, 15) is 8.42 Å². The highest BCUT2D eigenvalue weighted by Crippen LogP contribution is 2.27. The zero-order chi connectivity index (χ0) is 14.1. The van der Waals surface area contributed by atoms with Gasteiger partial charge in [0.05, 0.1) is 17.1 Å². The molecule has 1 aliphatic rings. The van der Waals surface area contributed by atoms with Gasteiger partial charge in [0.15, 0.2) is 0 Å². The number of aryl methyl sites for hydroxylation is 1. The first-order valence-corrected chi connectivity index (χ1v) is 8.50. The average Bonchev–Trinajstić information content (AvgIpc) is 2.94. The van der Waals surface area contributed by atoms with Gasteiger partial charge in [-0.3, -0.25) is 0 Å². The van der Waals surface area contributed by atoms with Crippen LogP contribution in [0.1, 0.15) is 29.5 Å². The molecule has 0 radical (unpaired) electrons.